The number of nitrogens with zero attached hydrogens (tertiary/aromatic N) is 1. The Bertz CT molecular complexity index is 521. The van der Waals surface area contributed by atoms with E-state index in [1.807, 2.05) is 24.0 Å². The molecule has 5 heteroatoms. The lowest BCUT2D eigenvalue weighted by atomic mass is 9.90. The molecule has 0 saturated carbocycles. The summed E-state index contributed by atoms with van der Waals surface area (Å²) >= 11 is 0. The second-order valence-electron chi connectivity index (χ2n) is 6.45. The van der Waals surface area contributed by atoms with Gasteiger partial charge in [0.15, 0.2) is 0 Å². The molecule has 0 bridgehead atoms. The van der Waals surface area contributed by atoms with E-state index in [9.17, 15) is 4.79 Å². The third kappa shape index (κ3) is 4.62. The maximum atomic E-state index is 12.2. The van der Waals surface area contributed by atoms with Crippen molar-refractivity contribution in [3.8, 4) is 5.75 Å². The van der Waals surface area contributed by atoms with Crippen LogP contribution >= 0.6 is 12.4 Å². The van der Waals surface area contributed by atoms with E-state index in [1.54, 1.807) is 0 Å². The fourth-order valence-corrected chi connectivity index (χ4v) is 2.77. The van der Waals surface area contributed by atoms with Crippen molar-refractivity contribution in [3.63, 3.8) is 0 Å². The van der Waals surface area contributed by atoms with Crippen LogP contribution in [0.1, 0.15) is 30.9 Å². The van der Waals surface area contributed by atoms with Gasteiger partial charge in [-0.1, -0.05) is 24.6 Å². The number of amides is 1. The number of hydrogen-bond donors (Lipinski definition) is 1. The molecule has 1 aromatic carbocycles. The highest BCUT2D eigenvalue weighted by atomic mass is 35.5. The summed E-state index contributed by atoms with van der Waals surface area (Å²) in [4.78, 5) is 14.1. The van der Waals surface area contributed by atoms with E-state index in [4.69, 9.17) is 10.5 Å². The van der Waals surface area contributed by atoms with Gasteiger partial charge in [-0.3, -0.25) is 4.79 Å². The van der Waals surface area contributed by atoms with Crippen LogP contribution in [0.15, 0.2) is 18.2 Å². The molecule has 1 atom stereocenters. The predicted octanol–water partition coefficient (Wildman–Crippen LogP) is 2.69. The Labute approximate surface area is 139 Å². The number of halogens is 1. The van der Waals surface area contributed by atoms with Crippen LogP contribution in [0.3, 0.4) is 0 Å². The quantitative estimate of drug-likeness (QED) is 0.905. The Morgan fingerprint density at radius 3 is 2.73 bits per heavy atom. The fraction of sp³-hybridized carbons (Fsp3) is 0.588. The van der Waals surface area contributed by atoms with Gasteiger partial charge >= 0.3 is 0 Å². The van der Waals surface area contributed by atoms with Crippen LogP contribution in [0.5, 0.6) is 5.75 Å². The first-order valence-electron chi connectivity index (χ1n) is 7.61. The Morgan fingerprint density at radius 2 is 2.14 bits per heavy atom. The van der Waals surface area contributed by atoms with E-state index < -0.39 is 0 Å². The number of likely N-dealkylation sites (tertiary alicyclic amines) is 1. The lowest BCUT2D eigenvalue weighted by molar-refractivity contribution is -0.131. The molecule has 1 fully saturated rings. The molecule has 22 heavy (non-hydrogen) atoms. The van der Waals surface area contributed by atoms with Crippen LogP contribution in [0.4, 0.5) is 0 Å². The number of nitrogens with two attached hydrogens (primary N) is 1. The van der Waals surface area contributed by atoms with Gasteiger partial charge in [0.2, 0.25) is 5.91 Å². The molecule has 1 unspecified atom stereocenters. The number of ether oxygens (including phenoxy) is 1. The van der Waals surface area contributed by atoms with Gasteiger partial charge in [0.05, 0.1) is 13.0 Å². The second kappa shape index (κ2) is 7.84. The molecule has 4 nitrogen and oxygen atoms in total. The van der Waals surface area contributed by atoms with Crippen molar-refractivity contribution in [2.24, 2.45) is 11.1 Å². The first kappa shape index (κ1) is 18.8. The summed E-state index contributed by atoms with van der Waals surface area (Å²) in [6, 6.07) is 6.08. The minimum Gasteiger partial charge on any atom is -0.493 e. The number of carbonyl (C=O) groups is 1. The zero-order valence-corrected chi connectivity index (χ0v) is 14.5. The van der Waals surface area contributed by atoms with Crippen LogP contribution < -0.4 is 10.5 Å². The summed E-state index contributed by atoms with van der Waals surface area (Å²) in [6.45, 7) is 8.88. The number of benzene rings is 1. The highest BCUT2D eigenvalue weighted by Crippen LogP contribution is 2.28. The standard InChI is InChI=1S/C17H26N2O2.ClH/c1-13-4-5-15(14(2)10-13)21-9-6-16(20)19-8-7-17(3,11-18)12-19;/h4-5,10H,6-9,11-12,18H2,1-3H3;1H. The average molecular weight is 327 g/mol. The molecule has 0 aromatic heterocycles. The van der Waals surface area contributed by atoms with Gasteiger partial charge in [0, 0.05) is 13.1 Å². The van der Waals surface area contributed by atoms with E-state index in [2.05, 4.69) is 19.9 Å². The lowest BCUT2D eigenvalue weighted by Crippen LogP contribution is -2.35. The van der Waals surface area contributed by atoms with E-state index in [-0.39, 0.29) is 23.7 Å². The van der Waals surface area contributed by atoms with Crippen LogP contribution in [-0.4, -0.2) is 37.0 Å². The Balaban J connectivity index is 0.00000242. The Hall–Kier alpha value is -1.26. The molecule has 1 aliphatic heterocycles. The van der Waals surface area contributed by atoms with Gasteiger partial charge in [-0.05, 0) is 43.9 Å². The van der Waals surface area contributed by atoms with Crippen molar-refractivity contribution in [1.29, 1.82) is 0 Å². The number of hydrogen-bond acceptors (Lipinski definition) is 3. The molecule has 1 aromatic rings. The van der Waals surface area contributed by atoms with Gasteiger partial charge in [-0.25, -0.2) is 0 Å². The number of carbonyl (C=O) groups excluding carboxylic acids is 1. The molecular formula is C17H27ClN2O2. The van der Waals surface area contributed by atoms with Crippen molar-refractivity contribution < 1.29 is 9.53 Å². The summed E-state index contributed by atoms with van der Waals surface area (Å²) in [5, 5.41) is 0. The molecule has 1 heterocycles. The second-order valence-corrected chi connectivity index (χ2v) is 6.45. The van der Waals surface area contributed by atoms with Crippen molar-refractivity contribution in [2.45, 2.75) is 33.6 Å². The predicted molar refractivity (Wildman–Crippen MR) is 91.6 cm³/mol. The molecule has 0 aliphatic carbocycles. The zero-order valence-electron chi connectivity index (χ0n) is 13.7. The zero-order chi connectivity index (χ0) is 15.5. The van der Waals surface area contributed by atoms with Gasteiger partial charge in [-0.2, -0.15) is 0 Å². The molecule has 2 N–H and O–H groups in total. The number of rotatable bonds is 5. The normalized spacial score (nSPS) is 20.6. The lowest BCUT2D eigenvalue weighted by Gasteiger charge is -2.22. The molecule has 1 amide bonds. The summed E-state index contributed by atoms with van der Waals surface area (Å²) in [5.41, 5.74) is 8.19. The monoisotopic (exact) mass is 326 g/mol. The molecule has 2 rings (SSSR count). The van der Waals surface area contributed by atoms with Crippen molar-refractivity contribution >= 4 is 18.3 Å². The van der Waals surface area contributed by atoms with Crippen LogP contribution in [0.2, 0.25) is 0 Å². The highest BCUT2D eigenvalue weighted by molar-refractivity contribution is 5.85. The Kier molecular flexibility index (Phi) is 6.69. The maximum absolute atomic E-state index is 12.2. The summed E-state index contributed by atoms with van der Waals surface area (Å²) < 4.78 is 5.73. The Morgan fingerprint density at radius 1 is 1.41 bits per heavy atom. The van der Waals surface area contributed by atoms with Crippen LogP contribution in [0.25, 0.3) is 0 Å². The van der Waals surface area contributed by atoms with Gasteiger partial charge in [0.1, 0.15) is 5.75 Å². The SMILES string of the molecule is Cc1ccc(OCCC(=O)N2CCC(C)(CN)C2)c(C)c1.Cl. The third-order valence-corrected chi connectivity index (χ3v) is 4.31. The molecular weight excluding hydrogens is 300 g/mol. The smallest absolute Gasteiger partial charge is 0.226 e. The maximum Gasteiger partial charge on any atom is 0.226 e. The minimum atomic E-state index is 0. The van der Waals surface area contributed by atoms with E-state index in [1.165, 1.54) is 5.56 Å². The van der Waals surface area contributed by atoms with Crippen LogP contribution in [0, 0.1) is 19.3 Å². The van der Waals surface area contributed by atoms with Crippen LogP contribution in [-0.2, 0) is 4.79 Å². The molecule has 0 spiro atoms. The summed E-state index contributed by atoms with van der Waals surface area (Å²) in [7, 11) is 0. The fourth-order valence-electron chi connectivity index (χ4n) is 2.77. The summed E-state index contributed by atoms with van der Waals surface area (Å²) in [6.07, 6.45) is 1.42. The first-order chi connectivity index (χ1) is 9.93. The van der Waals surface area contributed by atoms with Gasteiger partial charge in [0.25, 0.3) is 0 Å². The van der Waals surface area contributed by atoms with E-state index in [0.29, 0.717) is 19.6 Å². The van der Waals surface area contributed by atoms with Gasteiger partial charge < -0.3 is 15.4 Å². The topological polar surface area (TPSA) is 55.6 Å². The number of aryl methyl sites for hydroxylation is 2. The highest BCUT2D eigenvalue weighted by Gasteiger charge is 2.34. The van der Waals surface area contributed by atoms with Crippen molar-refractivity contribution in [3.05, 3.63) is 29.3 Å². The largest absolute Gasteiger partial charge is 0.493 e. The third-order valence-electron chi connectivity index (χ3n) is 4.31. The van der Waals surface area contributed by atoms with E-state index in [0.717, 1.165) is 30.8 Å². The van der Waals surface area contributed by atoms with Crippen molar-refractivity contribution in [2.75, 3.05) is 26.2 Å². The molecule has 124 valence electrons. The molecule has 1 aliphatic rings. The first-order valence-corrected chi connectivity index (χ1v) is 7.61. The molecule has 1 saturated heterocycles. The van der Waals surface area contributed by atoms with E-state index >= 15 is 0 Å². The van der Waals surface area contributed by atoms with Gasteiger partial charge in [-0.15, -0.1) is 12.4 Å². The van der Waals surface area contributed by atoms with Crippen molar-refractivity contribution in [1.82, 2.24) is 4.90 Å². The molecule has 0 radical (unpaired) electrons. The average Bonchev–Trinajstić information content (AvgIpc) is 2.85. The summed E-state index contributed by atoms with van der Waals surface area (Å²) in [5.74, 6) is 1.03. The minimum absolute atomic E-state index is 0.